The first-order valence-electron chi connectivity index (χ1n) is 2.80. The minimum atomic E-state index is -0.644. The van der Waals surface area contributed by atoms with E-state index in [-0.39, 0.29) is 0 Å². The standard InChI is InChI=1S/C6H7FN2/c1-2-5-3-4-8-6(7)9-5/h3-4H,2H2,1H3. The van der Waals surface area contributed by atoms with Gasteiger partial charge in [0, 0.05) is 11.9 Å². The number of aromatic nitrogens is 2. The van der Waals surface area contributed by atoms with Crippen LogP contribution in [0.1, 0.15) is 12.6 Å². The van der Waals surface area contributed by atoms with Gasteiger partial charge in [-0.1, -0.05) is 6.92 Å². The van der Waals surface area contributed by atoms with Crippen molar-refractivity contribution in [3.05, 3.63) is 24.0 Å². The van der Waals surface area contributed by atoms with Crippen molar-refractivity contribution in [2.75, 3.05) is 0 Å². The van der Waals surface area contributed by atoms with Crippen LogP contribution in [0.15, 0.2) is 12.3 Å². The van der Waals surface area contributed by atoms with Crippen LogP contribution in [0, 0.1) is 6.08 Å². The molecule has 1 rings (SSSR count). The number of hydrogen-bond donors (Lipinski definition) is 0. The van der Waals surface area contributed by atoms with Gasteiger partial charge in [0.15, 0.2) is 0 Å². The smallest absolute Gasteiger partial charge is 0.211 e. The fraction of sp³-hybridized carbons (Fsp3) is 0.333. The molecule has 0 spiro atoms. The molecule has 1 aromatic heterocycles. The topological polar surface area (TPSA) is 25.8 Å². The van der Waals surface area contributed by atoms with E-state index >= 15 is 0 Å². The van der Waals surface area contributed by atoms with Gasteiger partial charge in [0.05, 0.1) is 0 Å². The number of nitrogens with zero attached hydrogens (tertiary/aromatic N) is 2. The van der Waals surface area contributed by atoms with Crippen molar-refractivity contribution < 1.29 is 4.39 Å². The maximum absolute atomic E-state index is 12.1. The third-order valence-corrected chi connectivity index (χ3v) is 1.05. The molecule has 0 fully saturated rings. The molecule has 0 radical (unpaired) electrons. The lowest BCUT2D eigenvalue weighted by Gasteiger charge is -1.90. The Bertz CT molecular complexity index is 200. The summed E-state index contributed by atoms with van der Waals surface area (Å²) < 4.78 is 12.1. The molecule has 0 atom stereocenters. The summed E-state index contributed by atoms with van der Waals surface area (Å²) in [6.45, 7) is 1.92. The molecule has 0 bridgehead atoms. The van der Waals surface area contributed by atoms with Crippen LogP contribution >= 0.6 is 0 Å². The molecule has 0 unspecified atom stereocenters. The second kappa shape index (κ2) is 2.53. The molecule has 1 aromatic rings. The van der Waals surface area contributed by atoms with Crippen LogP contribution in [0.3, 0.4) is 0 Å². The molecule has 0 saturated carbocycles. The van der Waals surface area contributed by atoms with Crippen LogP contribution in [0.2, 0.25) is 0 Å². The summed E-state index contributed by atoms with van der Waals surface area (Å²) in [5.74, 6) is 0. The van der Waals surface area contributed by atoms with Crippen LogP contribution in [-0.2, 0) is 6.42 Å². The summed E-state index contributed by atoms with van der Waals surface area (Å²) in [6, 6.07) is 1.70. The Morgan fingerprint density at radius 2 is 2.44 bits per heavy atom. The van der Waals surface area contributed by atoms with Gasteiger partial charge < -0.3 is 0 Å². The Labute approximate surface area is 52.8 Å². The molecule has 9 heavy (non-hydrogen) atoms. The van der Waals surface area contributed by atoms with E-state index in [2.05, 4.69) is 9.97 Å². The second-order valence-electron chi connectivity index (χ2n) is 1.67. The highest BCUT2D eigenvalue weighted by molar-refractivity contribution is 4.96. The van der Waals surface area contributed by atoms with Gasteiger partial charge in [-0.3, -0.25) is 0 Å². The fourth-order valence-electron chi connectivity index (χ4n) is 0.566. The molecule has 0 N–H and O–H groups in total. The van der Waals surface area contributed by atoms with Crippen LogP contribution < -0.4 is 0 Å². The van der Waals surface area contributed by atoms with E-state index in [4.69, 9.17) is 0 Å². The summed E-state index contributed by atoms with van der Waals surface area (Å²) in [5.41, 5.74) is 0.738. The Balaban J connectivity index is 2.94. The van der Waals surface area contributed by atoms with E-state index < -0.39 is 6.08 Å². The van der Waals surface area contributed by atoms with Crippen LogP contribution in [0.5, 0.6) is 0 Å². The van der Waals surface area contributed by atoms with Gasteiger partial charge in [-0.15, -0.1) is 0 Å². The predicted octanol–water partition coefficient (Wildman–Crippen LogP) is 1.18. The third-order valence-electron chi connectivity index (χ3n) is 1.05. The first-order valence-corrected chi connectivity index (χ1v) is 2.80. The highest BCUT2D eigenvalue weighted by Gasteiger charge is 1.92. The van der Waals surface area contributed by atoms with Crippen molar-refractivity contribution in [3.63, 3.8) is 0 Å². The monoisotopic (exact) mass is 126 g/mol. The lowest BCUT2D eigenvalue weighted by Crippen LogP contribution is -1.92. The first-order chi connectivity index (χ1) is 4.33. The van der Waals surface area contributed by atoms with Crippen molar-refractivity contribution in [1.29, 1.82) is 0 Å². The molecule has 0 aliphatic carbocycles. The number of rotatable bonds is 1. The normalized spacial score (nSPS) is 9.56. The molecular weight excluding hydrogens is 119 g/mol. The zero-order chi connectivity index (χ0) is 6.69. The lowest BCUT2D eigenvalue weighted by molar-refractivity contribution is 0.532. The minimum absolute atomic E-state index is 0.644. The number of aryl methyl sites for hydroxylation is 1. The highest BCUT2D eigenvalue weighted by atomic mass is 19.1. The SMILES string of the molecule is CCc1ccnc(F)n1. The van der Waals surface area contributed by atoms with Gasteiger partial charge in [-0.25, -0.2) is 9.97 Å². The molecule has 1 heterocycles. The van der Waals surface area contributed by atoms with E-state index in [1.807, 2.05) is 6.92 Å². The van der Waals surface area contributed by atoms with Crippen LogP contribution in [0.25, 0.3) is 0 Å². The Morgan fingerprint density at radius 3 is 2.89 bits per heavy atom. The molecule has 48 valence electrons. The summed E-state index contributed by atoms with van der Waals surface area (Å²) in [5, 5.41) is 0. The lowest BCUT2D eigenvalue weighted by atomic mass is 10.3. The molecule has 0 saturated heterocycles. The van der Waals surface area contributed by atoms with Crippen molar-refractivity contribution in [2.45, 2.75) is 13.3 Å². The van der Waals surface area contributed by atoms with Gasteiger partial charge in [-0.2, -0.15) is 4.39 Å². The maximum atomic E-state index is 12.1. The Hall–Kier alpha value is -0.990. The zero-order valence-corrected chi connectivity index (χ0v) is 5.13. The van der Waals surface area contributed by atoms with E-state index in [1.54, 1.807) is 6.07 Å². The zero-order valence-electron chi connectivity index (χ0n) is 5.13. The maximum Gasteiger partial charge on any atom is 0.308 e. The number of hydrogen-bond acceptors (Lipinski definition) is 2. The Morgan fingerprint density at radius 1 is 1.67 bits per heavy atom. The van der Waals surface area contributed by atoms with Crippen molar-refractivity contribution in [3.8, 4) is 0 Å². The van der Waals surface area contributed by atoms with Crippen LogP contribution in [-0.4, -0.2) is 9.97 Å². The summed E-state index contributed by atoms with van der Waals surface area (Å²) >= 11 is 0. The summed E-state index contributed by atoms with van der Waals surface area (Å²) in [7, 11) is 0. The largest absolute Gasteiger partial charge is 0.308 e. The van der Waals surface area contributed by atoms with Gasteiger partial charge in [0.25, 0.3) is 0 Å². The van der Waals surface area contributed by atoms with Crippen molar-refractivity contribution in [2.24, 2.45) is 0 Å². The first kappa shape index (κ1) is 6.13. The molecule has 0 aromatic carbocycles. The van der Waals surface area contributed by atoms with E-state index in [0.29, 0.717) is 0 Å². The molecule has 0 aliphatic heterocycles. The average molecular weight is 126 g/mol. The average Bonchev–Trinajstić information content (AvgIpc) is 1.88. The minimum Gasteiger partial charge on any atom is -0.211 e. The second-order valence-corrected chi connectivity index (χ2v) is 1.67. The molecule has 0 aliphatic rings. The van der Waals surface area contributed by atoms with E-state index in [1.165, 1.54) is 6.20 Å². The van der Waals surface area contributed by atoms with E-state index in [0.717, 1.165) is 12.1 Å². The summed E-state index contributed by atoms with van der Waals surface area (Å²) in [6.07, 6.45) is 1.52. The molecular formula is C6H7FN2. The van der Waals surface area contributed by atoms with Crippen molar-refractivity contribution >= 4 is 0 Å². The summed E-state index contributed by atoms with van der Waals surface area (Å²) in [4.78, 5) is 6.82. The third kappa shape index (κ3) is 1.45. The Kier molecular flexibility index (Phi) is 1.72. The van der Waals surface area contributed by atoms with Gasteiger partial charge in [-0.05, 0) is 12.5 Å². The predicted molar refractivity (Wildman–Crippen MR) is 31.4 cm³/mol. The van der Waals surface area contributed by atoms with E-state index in [9.17, 15) is 4.39 Å². The fourth-order valence-corrected chi connectivity index (χ4v) is 0.566. The highest BCUT2D eigenvalue weighted by Crippen LogP contribution is 1.93. The van der Waals surface area contributed by atoms with Crippen LogP contribution in [0.4, 0.5) is 4.39 Å². The van der Waals surface area contributed by atoms with Gasteiger partial charge >= 0.3 is 6.08 Å². The molecule has 3 heteroatoms. The van der Waals surface area contributed by atoms with Gasteiger partial charge in [0.1, 0.15) is 0 Å². The number of halogens is 1. The van der Waals surface area contributed by atoms with Crippen molar-refractivity contribution in [1.82, 2.24) is 9.97 Å². The quantitative estimate of drug-likeness (QED) is 0.528. The molecule has 2 nitrogen and oxygen atoms in total. The molecule has 0 amide bonds. The van der Waals surface area contributed by atoms with Gasteiger partial charge in [0.2, 0.25) is 0 Å².